The number of aromatic amines is 1. The first-order valence-electron chi connectivity index (χ1n) is 9.37. The van der Waals surface area contributed by atoms with E-state index < -0.39 is 0 Å². The van der Waals surface area contributed by atoms with Crippen LogP contribution in [0.4, 0.5) is 5.13 Å². The third-order valence-corrected chi connectivity index (χ3v) is 5.70. The Bertz CT molecular complexity index is 1080. The number of hydrogen-bond acceptors (Lipinski definition) is 5. The van der Waals surface area contributed by atoms with E-state index in [2.05, 4.69) is 27.4 Å². The van der Waals surface area contributed by atoms with Gasteiger partial charge < -0.3 is 9.88 Å². The predicted octanol–water partition coefficient (Wildman–Crippen LogP) is 2.60. The molecule has 0 aliphatic carbocycles. The first-order valence-corrected chi connectivity index (χ1v) is 10.3. The molecular weight excluding hydrogens is 388 g/mol. The monoisotopic (exact) mass is 408 g/mol. The molecule has 4 rings (SSSR count). The number of carbonyl (C=O) groups is 2. The average Bonchev–Trinajstić information content (AvgIpc) is 3.19. The Labute approximate surface area is 171 Å². The zero-order chi connectivity index (χ0) is 20.2. The lowest BCUT2D eigenvalue weighted by atomic mass is 9.99. The van der Waals surface area contributed by atoms with Crippen LogP contribution in [0.2, 0.25) is 0 Å². The highest BCUT2D eigenvalue weighted by Gasteiger charge is 2.20. The largest absolute Gasteiger partial charge is 0.338 e. The van der Waals surface area contributed by atoms with Crippen molar-refractivity contribution in [2.45, 2.75) is 25.8 Å². The lowest BCUT2D eigenvalue weighted by molar-refractivity contribution is -0.132. The van der Waals surface area contributed by atoms with Crippen LogP contribution in [0.5, 0.6) is 0 Å². The molecule has 0 saturated heterocycles. The number of H-pyrrole nitrogens is 1. The SMILES string of the molecule is O=C(Nc1nc(CCC(=O)N2CCc3ccccc3C2)cs1)c1ccc(=O)[nH]c1. The molecular formula is C21H20N4O3S. The Balaban J connectivity index is 1.30. The molecule has 0 atom stereocenters. The van der Waals surface area contributed by atoms with E-state index in [1.165, 1.54) is 40.8 Å². The molecule has 7 nitrogen and oxygen atoms in total. The number of thiazole rings is 1. The summed E-state index contributed by atoms with van der Waals surface area (Å²) in [5, 5.41) is 5.03. The summed E-state index contributed by atoms with van der Waals surface area (Å²) in [7, 11) is 0. The molecule has 3 aromatic rings. The van der Waals surface area contributed by atoms with Crippen LogP contribution in [0, 0.1) is 0 Å². The van der Waals surface area contributed by atoms with Gasteiger partial charge in [0, 0.05) is 37.2 Å². The van der Waals surface area contributed by atoms with Crippen LogP contribution >= 0.6 is 11.3 Å². The van der Waals surface area contributed by atoms with Crippen molar-refractivity contribution >= 4 is 28.3 Å². The van der Waals surface area contributed by atoms with Crippen LogP contribution in [0.25, 0.3) is 0 Å². The van der Waals surface area contributed by atoms with E-state index in [0.29, 0.717) is 30.1 Å². The molecule has 0 spiro atoms. The maximum absolute atomic E-state index is 12.6. The summed E-state index contributed by atoms with van der Waals surface area (Å²) in [6, 6.07) is 11.0. The number of nitrogens with zero attached hydrogens (tertiary/aromatic N) is 2. The number of nitrogens with one attached hydrogen (secondary N) is 2. The van der Waals surface area contributed by atoms with Gasteiger partial charge in [-0.2, -0.15) is 0 Å². The third kappa shape index (κ3) is 4.60. The van der Waals surface area contributed by atoms with E-state index in [0.717, 1.165) is 18.7 Å². The number of rotatable bonds is 5. The van der Waals surface area contributed by atoms with Crippen LogP contribution in [-0.2, 0) is 24.2 Å². The summed E-state index contributed by atoms with van der Waals surface area (Å²) in [5.41, 5.74) is 3.39. The highest BCUT2D eigenvalue weighted by Crippen LogP contribution is 2.21. The molecule has 1 aromatic carbocycles. The number of fused-ring (bicyclic) bond motifs is 1. The van der Waals surface area contributed by atoms with E-state index in [4.69, 9.17) is 0 Å². The Morgan fingerprint density at radius 3 is 2.79 bits per heavy atom. The van der Waals surface area contributed by atoms with Crippen LogP contribution < -0.4 is 10.9 Å². The predicted molar refractivity (Wildman–Crippen MR) is 111 cm³/mol. The summed E-state index contributed by atoms with van der Waals surface area (Å²) in [4.78, 5) is 44.6. The van der Waals surface area contributed by atoms with Crippen molar-refractivity contribution in [1.29, 1.82) is 0 Å². The number of pyridine rings is 1. The number of hydrogen-bond donors (Lipinski definition) is 2. The van der Waals surface area contributed by atoms with Crippen LogP contribution in [0.15, 0.2) is 52.8 Å². The van der Waals surface area contributed by atoms with Crippen molar-refractivity contribution in [2.75, 3.05) is 11.9 Å². The van der Waals surface area contributed by atoms with Gasteiger partial charge in [-0.1, -0.05) is 24.3 Å². The Kier molecular flexibility index (Phi) is 5.53. The molecule has 148 valence electrons. The highest BCUT2D eigenvalue weighted by molar-refractivity contribution is 7.14. The van der Waals surface area contributed by atoms with Gasteiger partial charge in [0.1, 0.15) is 0 Å². The number of anilines is 1. The Morgan fingerprint density at radius 2 is 2.00 bits per heavy atom. The summed E-state index contributed by atoms with van der Waals surface area (Å²) in [6.45, 7) is 1.40. The lowest BCUT2D eigenvalue weighted by Crippen LogP contribution is -2.36. The second-order valence-corrected chi connectivity index (χ2v) is 7.73. The maximum Gasteiger partial charge on any atom is 0.258 e. The molecule has 29 heavy (non-hydrogen) atoms. The van der Waals surface area contributed by atoms with E-state index in [-0.39, 0.29) is 17.4 Å². The van der Waals surface area contributed by atoms with Gasteiger partial charge in [0.05, 0.1) is 11.3 Å². The molecule has 0 radical (unpaired) electrons. The van der Waals surface area contributed by atoms with E-state index in [9.17, 15) is 14.4 Å². The minimum absolute atomic E-state index is 0.117. The molecule has 3 heterocycles. The Morgan fingerprint density at radius 1 is 1.17 bits per heavy atom. The number of amides is 2. The van der Waals surface area contributed by atoms with Crippen molar-refractivity contribution < 1.29 is 9.59 Å². The summed E-state index contributed by atoms with van der Waals surface area (Å²) >= 11 is 1.31. The zero-order valence-corrected chi connectivity index (χ0v) is 16.5. The molecule has 1 aliphatic rings. The fraction of sp³-hybridized carbons (Fsp3) is 0.238. The van der Waals surface area contributed by atoms with Gasteiger partial charge in [-0.05, 0) is 30.0 Å². The normalized spacial score (nSPS) is 13.0. The van der Waals surface area contributed by atoms with Crippen molar-refractivity contribution in [2.24, 2.45) is 0 Å². The molecule has 0 saturated carbocycles. The summed E-state index contributed by atoms with van der Waals surface area (Å²) in [5.74, 6) is -0.225. The van der Waals surface area contributed by atoms with Crippen molar-refractivity contribution in [3.05, 3.63) is 80.7 Å². The van der Waals surface area contributed by atoms with Gasteiger partial charge in [-0.3, -0.25) is 19.7 Å². The number of carbonyl (C=O) groups excluding carboxylic acids is 2. The van der Waals surface area contributed by atoms with E-state index in [1.54, 1.807) is 0 Å². The minimum atomic E-state index is -0.342. The smallest absolute Gasteiger partial charge is 0.258 e. The quantitative estimate of drug-likeness (QED) is 0.678. The van der Waals surface area contributed by atoms with Gasteiger partial charge in [-0.15, -0.1) is 11.3 Å². The standard InChI is InChI=1S/C21H20N4O3S/c26-18-7-5-15(11-22-18)20(28)24-21-23-17(13-29-21)6-8-19(27)25-10-9-14-3-1-2-4-16(14)12-25/h1-5,7,11,13H,6,8-10,12H2,(H,22,26)(H,23,24,28). The Hall–Kier alpha value is -3.26. The molecule has 1 aliphatic heterocycles. The molecule has 2 amide bonds. The lowest BCUT2D eigenvalue weighted by Gasteiger charge is -2.28. The van der Waals surface area contributed by atoms with Gasteiger partial charge in [0.25, 0.3) is 5.91 Å². The number of aryl methyl sites for hydroxylation is 1. The minimum Gasteiger partial charge on any atom is -0.338 e. The fourth-order valence-corrected chi connectivity index (χ4v) is 4.04. The highest BCUT2D eigenvalue weighted by atomic mass is 32.1. The first kappa shape index (κ1) is 19.1. The zero-order valence-electron chi connectivity index (χ0n) is 15.7. The first-order chi connectivity index (χ1) is 14.1. The van der Waals surface area contributed by atoms with E-state index in [1.807, 2.05) is 22.4 Å². The summed E-state index contributed by atoms with van der Waals surface area (Å²) < 4.78 is 0. The molecule has 8 heteroatoms. The topological polar surface area (TPSA) is 95.2 Å². The molecule has 2 aromatic heterocycles. The maximum atomic E-state index is 12.6. The molecule has 0 unspecified atom stereocenters. The molecule has 0 fully saturated rings. The van der Waals surface area contributed by atoms with Crippen LogP contribution in [0.3, 0.4) is 0 Å². The van der Waals surface area contributed by atoms with E-state index >= 15 is 0 Å². The van der Waals surface area contributed by atoms with Crippen molar-refractivity contribution in [3.8, 4) is 0 Å². The van der Waals surface area contributed by atoms with Gasteiger partial charge in [0.2, 0.25) is 11.5 Å². The number of aromatic nitrogens is 2. The van der Waals surface area contributed by atoms with Gasteiger partial charge in [0.15, 0.2) is 5.13 Å². The van der Waals surface area contributed by atoms with Crippen LogP contribution in [-0.4, -0.2) is 33.2 Å². The summed E-state index contributed by atoms with van der Waals surface area (Å²) in [6.07, 6.45) is 3.17. The molecule has 2 N–H and O–H groups in total. The van der Waals surface area contributed by atoms with Crippen LogP contribution in [0.1, 0.15) is 33.6 Å². The van der Waals surface area contributed by atoms with Crippen molar-refractivity contribution in [3.63, 3.8) is 0 Å². The van der Waals surface area contributed by atoms with Crippen molar-refractivity contribution in [1.82, 2.24) is 14.9 Å². The van der Waals surface area contributed by atoms with Gasteiger partial charge >= 0.3 is 0 Å². The molecule has 0 bridgehead atoms. The second-order valence-electron chi connectivity index (χ2n) is 6.87. The fourth-order valence-electron chi connectivity index (χ4n) is 3.30. The second kappa shape index (κ2) is 8.40. The number of benzene rings is 1. The van der Waals surface area contributed by atoms with Gasteiger partial charge in [-0.25, -0.2) is 4.98 Å². The average molecular weight is 408 g/mol. The third-order valence-electron chi connectivity index (χ3n) is 4.90.